The molecule has 140 valence electrons. The summed E-state index contributed by atoms with van der Waals surface area (Å²) in [7, 11) is -3.60. The SMILES string of the molecule is Cc1oc(C(=O)N2CCC(C)CC2CN)cc1S(=O)(=O)N1CCCC1. The lowest BCUT2D eigenvalue weighted by Gasteiger charge is -2.37. The molecule has 8 heteroatoms. The van der Waals surface area contributed by atoms with Crippen LogP contribution in [-0.4, -0.2) is 55.8 Å². The van der Waals surface area contributed by atoms with Crippen LogP contribution in [0.3, 0.4) is 0 Å². The molecule has 0 saturated carbocycles. The van der Waals surface area contributed by atoms with Crippen LogP contribution in [0.2, 0.25) is 0 Å². The third-order valence-corrected chi connectivity index (χ3v) is 7.28. The number of aryl methyl sites for hydroxylation is 1. The van der Waals surface area contributed by atoms with Gasteiger partial charge in [0.05, 0.1) is 0 Å². The molecule has 2 fully saturated rings. The molecule has 7 nitrogen and oxygen atoms in total. The molecule has 2 N–H and O–H groups in total. The Labute approximate surface area is 149 Å². The van der Waals surface area contributed by atoms with Crippen LogP contribution < -0.4 is 5.73 Å². The summed E-state index contributed by atoms with van der Waals surface area (Å²) >= 11 is 0. The number of amides is 1. The van der Waals surface area contributed by atoms with Gasteiger partial charge in [0, 0.05) is 38.3 Å². The zero-order chi connectivity index (χ0) is 18.2. The molecule has 2 unspecified atom stereocenters. The van der Waals surface area contributed by atoms with Crippen LogP contribution in [-0.2, 0) is 10.0 Å². The van der Waals surface area contributed by atoms with Crippen molar-refractivity contribution in [1.29, 1.82) is 0 Å². The quantitative estimate of drug-likeness (QED) is 0.869. The monoisotopic (exact) mass is 369 g/mol. The second kappa shape index (κ2) is 7.09. The number of nitrogens with zero attached hydrogens (tertiary/aromatic N) is 2. The van der Waals surface area contributed by atoms with E-state index in [1.54, 1.807) is 11.8 Å². The van der Waals surface area contributed by atoms with Crippen molar-refractivity contribution < 1.29 is 17.6 Å². The standard InChI is InChI=1S/C17H27N3O4S/c1-12-5-8-20(14(9-12)11-18)17(21)15-10-16(13(2)24-15)25(22,23)19-6-3-4-7-19/h10,12,14H,3-9,11,18H2,1-2H3. The number of piperidine rings is 1. The van der Waals surface area contributed by atoms with Crippen molar-refractivity contribution in [2.24, 2.45) is 11.7 Å². The first-order valence-electron chi connectivity index (χ1n) is 8.96. The van der Waals surface area contributed by atoms with Gasteiger partial charge in [0.1, 0.15) is 10.7 Å². The summed E-state index contributed by atoms with van der Waals surface area (Å²) in [5.41, 5.74) is 5.83. The van der Waals surface area contributed by atoms with Gasteiger partial charge in [0.25, 0.3) is 5.91 Å². The summed E-state index contributed by atoms with van der Waals surface area (Å²) in [5.74, 6) is 0.614. The van der Waals surface area contributed by atoms with Crippen molar-refractivity contribution in [3.05, 3.63) is 17.6 Å². The van der Waals surface area contributed by atoms with Gasteiger partial charge < -0.3 is 15.1 Å². The molecule has 1 amide bonds. The first kappa shape index (κ1) is 18.4. The van der Waals surface area contributed by atoms with Gasteiger partial charge in [-0.05, 0) is 38.5 Å². The number of hydrogen-bond acceptors (Lipinski definition) is 5. The average Bonchev–Trinajstić information content (AvgIpc) is 3.24. The Balaban J connectivity index is 1.85. The lowest BCUT2D eigenvalue weighted by molar-refractivity contribution is 0.0540. The van der Waals surface area contributed by atoms with E-state index in [9.17, 15) is 13.2 Å². The van der Waals surface area contributed by atoms with Crippen molar-refractivity contribution >= 4 is 15.9 Å². The molecule has 1 aromatic rings. The molecule has 0 aromatic carbocycles. The molecule has 2 aliphatic heterocycles. The molecule has 0 bridgehead atoms. The maximum Gasteiger partial charge on any atom is 0.289 e. The summed E-state index contributed by atoms with van der Waals surface area (Å²) in [6.07, 6.45) is 3.51. The molecule has 0 aliphatic carbocycles. The fraction of sp³-hybridized carbons (Fsp3) is 0.706. The van der Waals surface area contributed by atoms with Crippen molar-refractivity contribution in [3.8, 4) is 0 Å². The lowest BCUT2D eigenvalue weighted by atomic mass is 9.92. The van der Waals surface area contributed by atoms with Gasteiger partial charge >= 0.3 is 0 Å². The highest BCUT2D eigenvalue weighted by atomic mass is 32.2. The maximum absolute atomic E-state index is 12.9. The predicted octanol–water partition coefficient (Wildman–Crippen LogP) is 1.57. The van der Waals surface area contributed by atoms with E-state index in [2.05, 4.69) is 6.92 Å². The van der Waals surface area contributed by atoms with E-state index in [0.29, 0.717) is 32.1 Å². The van der Waals surface area contributed by atoms with Gasteiger partial charge in [-0.1, -0.05) is 6.92 Å². The molecule has 1 aromatic heterocycles. The van der Waals surface area contributed by atoms with Crippen molar-refractivity contribution in [3.63, 3.8) is 0 Å². The highest BCUT2D eigenvalue weighted by Crippen LogP contribution is 2.29. The smallest absolute Gasteiger partial charge is 0.289 e. The van der Waals surface area contributed by atoms with E-state index in [0.717, 1.165) is 25.7 Å². The largest absolute Gasteiger partial charge is 0.455 e. The van der Waals surface area contributed by atoms with E-state index in [-0.39, 0.29) is 28.4 Å². The minimum absolute atomic E-state index is 0.0275. The van der Waals surface area contributed by atoms with Crippen molar-refractivity contribution in [1.82, 2.24) is 9.21 Å². The molecular weight excluding hydrogens is 342 g/mol. The summed E-state index contributed by atoms with van der Waals surface area (Å²) in [6.45, 7) is 5.82. The van der Waals surface area contributed by atoms with Crippen LogP contribution in [0.25, 0.3) is 0 Å². The molecule has 2 atom stereocenters. The van der Waals surface area contributed by atoms with Gasteiger partial charge in [0.15, 0.2) is 5.76 Å². The number of rotatable bonds is 4. The molecular formula is C17H27N3O4S. The number of hydrogen-bond donors (Lipinski definition) is 1. The number of carbonyl (C=O) groups is 1. The van der Waals surface area contributed by atoms with Crippen LogP contribution in [0.4, 0.5) is 0 Å². The van der Waals surface area contributed by atoms with Crippen LogP contribution in [0, 0.1) is 12.8 Å². The number of sulfonamides is 1. The Kier molecular flexibility index (Phi) is 5.22. The third-order valence-electron chi connectivity index (χ3n) is 5.28. The van der Waals surface area contributed by atoms with E-state index >= 15 is 0 Å². The second-order valence-corrected chi connectivity index (χ2v) is 9.07. The van der Waals surface area contributed by atoms with Crippen LogP contribution >= 0.6 is 0 Å². The highest BCUT2D eigenvalue weighted by molar-refractivity contribution is 7.89. The molecule has 3 heterocycles. The van der Waals surface area contributed by atoms with Crippen LogP contribution in [0.5, 0.6) is 0 Å². The first-order valence-corrected chi connectivity index (χ1v) is 10.4. The topological polar surface area (TPSA) is 96.8 Å². The van der Waals surface area contributed by atoms with Gasteiger partial charge in [-0.2, -0.15) is 4.31 Å². The molecule has 2 aliphatic rings. The van der Waals surface area contributed by atoms with Gasteiger partial charge in [0.2, 0.25) is 10.0 Å². The van der Waals surface area contributed by atoms with E-state index in [1.807, 2.05) is 0 Å². The van der Waals surface area contributed by atoms with E-state index in [1.165, 1.54) is 10.4 Å². The summed E-state index contributed by atoms with van der Waals surface area (Å²) in [5, 5.41) is 0. The third kappa shape index (κ3) is 3.47. The molecule has 0 radical (unpaired) electrons. The van der Waals surface area contributed by atoms with Gasteiger partial charge in [-0.25, -0.2) is 8.42 Å². The second-order valence-electron chi connectivity index (χ2n) is 7.16. The Hall–Kier alpha value is -1.38. The Morgan fingerprint density at radius 1 is 1.32 bits per heavy atom. The molecule has 25 heavy (non-hydrogen) atoms. The minimum Gasteiger partial charge on any atom is -0.455 e. The number of carbonyl (C=O) groups excluding carboxylic acids is 1. The van der Waals surface area contributed by atoms with E-state index < -0.39 is 10.0 Å². The Bertz CT molecular complexity index is 737. The summed E-state index contributed by atoms with van der Waals surface area (Å²) < 4.78 is 32.5. The molecule has 2 saturated heterocycles. The summed E-state index contributed by atoms with van der Waals surface area (Å²) in [6, 6.07) is 1.36. The normalized spacial score (nSPS) is 25.5. The van der Waals surface area contributed by atoms with Gasteiger partial charge in [-0.3, -0.25) is 4.79 Å². The minimum atomic E-state index is -3.60. The van der Waals surface area contributed by atoms with Gasteiger partial charge in [-0.15, -0.1) is 0 Å². The van der Waals surface area contributed by atoms with E-state index in [4.69, 9.17) is 10.2 Å². The number of nitrogens with two attached hydrogens (primary N) is 1. The Morgan fingerprint density at radius 3 is 2.64 bits per heavy atom. The number of likely N-dealkylation sites (tertiary alicyclic amines) is 1. The number of furan rings is 1. The lowest BCUT2D eigenvalue weighted by Crippen LogP contribution is -2.49. The first-order chi connectivity index (χ1) is 11.8. The fourth-order valence-corrected chi connectivity index (χ4v) is 5.46. The van der Waals surface area contributed by atoms with Crippen LogP contribution in [0.15, 0.2) is 15.4 Å². The zero-order valence-corrected chi connectivity index (χ0v) is 15.7. The predicted molar refractivity (Wildman–Crippen MR) is 93.7 cm³/mol. The molecule has 0 spiro atoms. The fourth-order valence-electron chi connectivity index (χ4n) is 3.78. The highest BCUT2D eigenvalue weighted by Gasteiger charge is 2.35. The van der Waals surface area contributed by atoms with Crippen molar-refractivity contribution in [2.45, 2.75) is 50.5 Å². The molecule has 3 rings (SSSR count). The van der Waals surface area contributed by atoms with Crippen molar-refractivity contribution in [2.75, 3.05) is 26.2 Å². The summed E-state index contributed by atoms with van der Waals surface area (Å²) in [4.78, 5) is 14.7. The zero-order valence-electron chi connectivity index (χ0n) is 14.9. The maximum atomic E-state index is 12.9. The Morgan fingerprint density at radius 2 is 2.00 bits per heavy atom. The average molecular weight is 369 g/mol. The van der Waals surface area contributed by atoms with Crippen LogP contribution in [0.1, 0.15) is 48.9 Å².